The number of nitriles is 2. The first-order chi connectivity index (χ1) is 15.4. The fourth-order valence-corrected chi connectivity index (χ4v) is 4.99. The molecule has 2 aromatic heterocycles. The van der Waals surface area contributed by atoms with E-state index in [9.17, 15) is 14.0 Å². The van der Waals surface area contributed by atoms with Crippen molar-refractivity contribution in [3.05, 3.63) is 41.6 Å². The predicted molar refractivity (Wildman–Crippen MR) is 113 cm³/mol. The Balaban J connectivity index is 1.52. The van der Waals surface area contributed by atoms with Crippen LogP contribution in [0, 0.1) is 34.5 Å². The molecule has 1 aliphatic carbocycles. The molecule has 3 fully saturated rings. The summed E-state index contributed by atoms with van der Waals surface area (Å²) in [6.45, 7) is 1.75. The number of hydrogen-bond donors (Lipinski definition) is 1. The Morgan fingerprint density at radius 1 is 1.12 bits per heavy atom. The summed E-state index contributed by atoms with van der Waals surface area (Å²) in [5, 5.41) is 22.3. The number of rotatable bonds is 4. The van der Waals surface area contributed by atoms with Crippen molar-refractivity contribution in [2.75, 3.05) is 36.5 Å². The van der Waals surface area contributed by atoms with Crippen molar-refractivity contribution in [2.45, 2.75) is 30.6 Å². The molecule has 3 aliphatic rings. The zero-order chi connectivity index (χ0) is 22.3. The first-order valence-electron chi connectivity index (χ1n) is 10.7. The van der Waals surface area contributed by atoms with Gasteiger partial charge in [-0.1, -0.05) is 0 Å². The third-order valence-corrected chi connectivity index (χ3v) is 6.91. The number of alkyl halides is 2. The van der Waals surface area contributed by atoms with Gasteiger partial charge in [-0.15, -0.1) is 0 Å². The van der Waals surface area contributed by atoms with Crippen molar-refractivity contribution < 1.29 is 13.5 Å². The minimum Gasteiger partial charge on any atom is -0.381 e. The highest BCUT2D eigenvalue weighted by Crippen LogP contribution is 2.53. The summed E-state index contributed by atoms with van der Waals surface area (Å²) in [7, 11) is 0. The molecular formula is C23H22F2N6O. The number of aromatic nitrogens is 2. The lowest BCUT2D eigenvalue weighted by Crippen LogP contribution is -2.46. The van der Waals surface area contributed by atoms with Gasteiger partial charge in [0.15, 0.2) is 0 Å². The molecule has 2 atom stereocenters. The summed E-state index contributed by atoms with van der Waals surface area (Å²) in [6, 6.07) is 11.4. The standard InChI is InChI=1S/C23H22F2N6O/c24-23(25)10-16-12-31(13-18(16)23)21-9-17(22(14-27)2-5-32-6-3-22)8-20(30-21)29-19-7-15(11-26)1-4-28-19/h1,4,7-9,16,18H,2-3,5-6,10,12-13H2,(H,28,29,30). The second-order valence-electron chi connectivity index (χ2n) is 8.81. The first-order valence-corrected chi connectivity index (χ1v) is 10.7. The number of halogens is 2. The maximum absolute atomic E-state index is 14.0. The molecule has 1 saturated carbocycles. The molecule has 1 N–H and O–H groups in total. The van der Waals surface area contributed by atoms with Crippen molar-refractivity contribution in [3.63, 3.8) is 0 Å². The highest BCUT2D eigenvalue weighted by atomic mass is 19.3. The molecule has 0 aromatic carbocycles. The van der Waals surface area contributed by atoms with Crippen molar-refractivity contribution >= 4 is 17.5 Å². The predicted octanol–water partition coefficient (Wildman–Crippen LogP) is 3.76. The normalized spacial score (nSPS) is 25.2. The molecule has 0 radical (unpaired) electrons. The summed E-state index contributed by atoms with van der Waals surface area (Å²) in [5.41, 5.74) is 0.519. The largest absolute Gasteiger partial charge is 0.381 e. The molecule has 0 bridgehead atoms. The number of fused-ring (bicyclic) bond motifs is 1. The number of nitrogens with zero attached hydrogens (tertiary/aromatic N) is 5. The van der Waals surface area contributed by atoms with Crippen LogP contribution in [0.4, 0.5) is 26.2 Å². The van der Waals surface area contributed by atoms with Crippen LogP contribution in [0.25, 0.3) is 0 Å². The minimum absolute atomic E-state index is 0.0335. The second-order valence-corrected chi connectivity index (χ2v) is 8.81. The average Bonchev–Trinajstić information content (AvgIpc) is 3.19. The Morgan fingerprint density at radius 3 is 2.62 bits per heavy atom. The summed E-state index contributed by atoms with van der Waals surface area (Å²) in [6.07, 6.45) is 2.56. The third kappa shape index (κ3) is 3.53. The van der Waals surface area contributed by atoms with E-state index >= 15 is 0 Å². The second kappa shape index (κ2) is 7.68. The van der Waals surface area contributed by atoms with Gasteiger partial charge in [0.25, 0.3) is 5.92 Å². The Kier molecular flexibility index (Phi) is 4.94. The quantitative estimate of drug-likeness (QED) is 0.779. The number of pyridine rings is 2. The molecule has 0 spiro atoms. The van der Waals surface area contributed by atoms with Crippen molar-refractivity contribution in [1.29, 1.82) is 10.5 Å². The van der Waals surface area contributed by atoms with E-state index in [2.05, 4.69) is 27.4 Å². The lowest BCUT2D eigenvalue weighted by atomic mass is 9.72. The van der Waals surface area contributed by atoms with Gasteiger partial charge in [0, 0.05) is 44.8 Å². The van der Waals surface area contributed by atoms with E-state index in [1.165, 1.54) is 6.20 Å². The van der Waals surface area contributed by atoms with Gasteiger partial charge < -0.3 is 15.0 Å². The molecule has 5 rings (SSSR count). The SMILES string of the molecule is N#Cc1ccnc(Nc2cc(C3(C#N)CCOCC3)cc(N3CC4CC(F)(F)C4C3)n2)c1. The highest BCUT2D eigenvalue weighted by molar-refractivity contribution is 5.60. The third-order valence-electron chi connectivity index (χ3n) is 6.91. The van der Waals surface area contributed by atoms with Crippen LogP contribution in [-0.2, 0) is 10.2 Å². The monoisotopic (exact) mass is 436 g/mol. The zero-order valence-electron chi connectivity index (χ0n) is 17.4. The van der Waals surface area contributed by atoms with Gasteiger partial charge in [-0.2, -0.15) is 10.5 Å². The topological polar surface area (TPSA) is 97.9 Å². The summed E-state index contributed by atoms with van der Waals surface area (Å²) in [5.74, 6) is -1.81. The van der Waals surface area contributed by atoms with E-state index < -0.39 is 17.3 Å². The van der Waals surface area contributed by atoms with Crippen molar-refractivity contribution in [2.24, 2.45) is 11.8 Å². The summed E-state index contributed by atoms with van der Waals surface area (Å²) < 4.78 is 33.4. The molecule has 2 aromatic rings. The van der Waals surface area contributed by atoms with Crippen LogP contribution < -0.4 is 10.2 Å². The van der Waals surface area contributed by atoms with Gasteiger partial charge in [-0.05, 0) is 48.6 Å². The Labute approximate surface area is 184 Å². The minimum atomic E-state index is -2.62. The van der Waals surface area contributed by atoms with E-state index in [1.807, 2.05) is 17.0 Å². The molecule has 2 aliphatic heterocycles. The van der Waals surface area contributed by atoms with Gasteiger partial charge in [0.05, 0.1) is 23.1 Å². The maximum Gasteiger partial charge on any atom is 0.253 e. The molecule has 0 amide bonds. The van der Waals surface area contributed by atoms with E-state index in [0.29, 0.717) is 55.6 Å². The maximum atomic E-state index is 14.0. The number of hydrogen-bond acceptors (Lipinski definition) is 7. The van der Waals surface area contributed by atoms with E-state index in [0.717, 1.165) is 5.56 Å². The molecule has 164 valence electrons. The fourth-order valence-electron chi connectivity index (χ4n) is 4.99. The molecule has 2 saturated heterocycles. The molecule has 7 nitrogen and oxygen atoms in total. The number of ether oxygens (including phenoxy) is 1. The Hall–Kier alpha value is -3.30. The zero-order valence-corrected chi connectivity index (χ0v) is 17.4. The van der Waals surface area contributed by atoms with Gasteiger partial charge in [0.1, 0.15) is 17.5 Å². The Bertz CT molecular complexity index is 1120. The van der Waals surface area contributed by atoms with E-state index in [1.54, 1.807) is 12.1 Å². The molecule has 4 heterocycles. The Morgan fingerprint density at radius 2 is 1.94 bits per heavy atom. The van der Waals surface area contributed by atoms with Crippen molar-refractivity contribution in [1.82, 2.24) is 9.97 Å². The van der Waals surface area contributed by atoms with Crippen LogP contribution in [0.1, 0.15) is 30.4 Å². The molecule has 9 heteroatoms. The first kappa shape index (κ1) is 20.6. The van der Waals surface area contributed by atoms with E-state index in [4.69, 9.17) is 10.00 Å². The van der Waals surface area contributed by atoms with Crippen LogP contribution in [0.2, 0.25) is 0 Å². The van der Waals surface area contributed by atoms with Crippen LogP contribution in [0.3, 0.4) is 0 Å². The number of anilines is 3. The van der Waals surface area contributed by atoms with E-state index in [-0.39, 0.29) is 18.9 Å². The lowest BCUT2D eigenvalue weighted by Gasteiger charge is -2.38. The highest BCUT2D eigenvalue weighted by Gasteiger charge is 2.59. The number of nitrogens with one attached hydrogen (secondary N) is 1. The summed E-state index contributed by atoms with van der Waals surface area (Å²) >= 11 is 0. The molecule has 2 unspecified atom stereocenters. The van der Waals surface area contributed by atoms with Crippen LogP contribution >= 0.6 is 0 Å². The summed E-state index contributed by atoms with van der Waals surface area (Å²) in [4.78, 5) is 10.8. The lowest BCUT2D eigenvalue weighted by molar-refractivity contribution is -0.152. The molecule has 32 heavy (non-hydrogen) atoms. The van der Waals surface area contributed by atoms with Gasteiger partial charge >= 0.3 is 0 Å². The molecular weight excluding hydrogens is 414 g/mol. The van der Waals surface area contributed by atoms with Crippen molar-refractivity contribution in [3.8, 4) is 12.1 Å². The van der Waals surface area contributed by atoms with Crippen LogP contribution in [0.5, 0.6) is 0 Å². The van der Waals surface area contributed by atoms with Gasteiger partial charge in [-0.25, -0.2) is 18.7 Å². The average molecular weight is 436 g/mol. The van der Waals surface area contributed by atoms with Gasteiger partial charge in [0.2, 0.25) is 0 Å². The fraction of sp³-hybridized carbons (Fsp3) is 0.478. The van der Waals surface area contributed by atoms with Crippen LogP contribution in [0.15, 0.2) is 30.5 Å². The van der Waals surface area contributed by atoms with Crippen LogP contribution in [-0.4, -0.2) is 42.2 Å². The van der Waals surface area contributed by atoms with Gasteiger partial charge in [-0.3, -0.25) is 0 Å². The smallest absolute Gasteiger partial charge is 0.253 e.